The Morgan fingerprint density at radius 1 is 1.20 bits per heavy atom. The molecule has 2 rings (SSSR count). The van der Waals surface area contributed by atoms with Gasteiger partial charge in [0.05, 0.1) is 27.7 Å². The molecular weight excluding hydrogens is 320 g/mol. The van der Waals surface area contributed by atoms with Crippen molar-refractivity contribution in [1.29, 1.82) is 0 Å². The quantitative estimate of drug-likeness (QED) is 0.930. The zero-order chi connectivity index (χ0) is 15.0. The van der Waals surface area contributed by atoms with Gasteiger partial charge < -0.3 is 5.11 Å². The summed E-state index contributed by atoms with van der Waals surface area (Å²) in [5, 5.41) is 19.4. The predicted molar refractivity (Wildman–Crippen MR) is 81.7 cm³/mol. The largest absolute Gasteiger partial charge is 0.388 e. The summed E-state index contributed by atoms with van der Waals surface area (Å²) in [6.45, 7) is 8.72. The summed E-state index contributed by atoms with van der Waals surface area (Å²) in [6.07, 6.45) is -0.0378. The first kappa shape index (κ1) is 15.3. The summed E-state index contributed by atoms with van der Waals surface area (Å²) < 4.78 is 4.73. The van der Waals surface area contributed by atoms with Crippen molar-refractivity contribution in [3.05, 3.63) is 32.8 Å². The predicted octanol–water partition coefficient (Wildman–Crippen LogP) is 2.60. The molecule has 0 spiro atoms. The molecule has 0 aliphatic heterocycles. The third kappa shape index (κ3) is 2.54. The average molecular weight is 341 g/mol. The van der Waals surface area contributed by atoms with E-state index in [1.807, 2.05) is 37.2 Å². The summed E-state index contributed by atoms with van der Waals surface area (Å²) in [5.74, 6) is 0. The highest BCUT2D eigenvalue weighted by atomic mass is 79.9. The summed E-state index contributed by atoms with van der Waals surface area (Å²) in [6, 6.07) is 0. The van der Waals surface area contributed by atoms with Crippen molar-refractivity contribution in [1.82, 2.24) is 19.6 Å². The van der Waals surface area contributed by atoms with E-state index in [1.165, 1.54) is 0 Å². The van der Waals surface area contributed by atoms with Crippen LogP contribution in [0.2, 0.25) is 0 Å². The van der Waals surface area contributed by atoms with E-state index in [1.54, 1.807) is 0 Å². The lowest BCUT2D eigenvalue weighted by Gasteiger charge is -2.13. The number of hydrogen-bond acceptors (Lipinski definition) is 3. The van der Waals surface area contributed by atoms with Gasteiger partial charge in [-0.3, -0.25) is 9.36 Å². The lowest BCUT2D eigenvalue weighted by Crippen LogP contribution is -2.10. The Morgan fingerprint density at radius 2 is 1.85 bits per heavy atom. The van der Waals surface area contributed by atoms with E-state index in [4.69, 9.17) is 0 Å². The number of aryl methyl sites for hydroxylation is 4. The van der Waals surface area contributed by atoms with Crippen LogP contribution in [0, 0.1) is 20.8 Å². The Hall–Kier alpha value is -1.14. The normalized spacial score (nSPS) is 12.9. The van der Waals surface area contributed by atoms with Gasteiger partial charge in [-0.2, -0.15) is 10.2 Å². The molecule has 110 valence electrons. The molecule has 2 aromatic heterocycles. The molecule has 0 saturated heterocycles. The fourth-order valence-corrected chi connectivity index (χ4v) is 3.07. The smallest absolute Gasteiger partial charge is 0.0881 e. The van der Waals surface area contributed by atoms with E-state index in [2.05, 4.69) is 33.1 Å². The first-order valence-electron chi connectivity index (χ1n) is 6.76. The molecule has 6 heteroatoms. The van der Waals surface area contributed by atoms with E-state index in [9.17, 15) is 5.11 Å². The van der Waals surface area contributed by atoms with Crippen LogP contribution in [0.1, 0.15) is 41.4 Å². The molecule has 0 aliphatic rings. The Kier molecular flexibility index (Phi) is 4.34. The molecule has 2 heterocycles. The SMILES string of the molecule is CCn1nc(C)c(Br)c1CC(O)c1c(C)nn(C)c1C. The maximum Gasteiger partial charge on any atom is 0.0881 e. The van der Waals surface area contributed by atoms with Gasteiger partial charge in [-0.05, 0) is 43.6 Å². The lowest BCUT2D eigenvalue weighted by molar-refractivity contribution is 0.173. The van der Waals surface area contributed by atoms with E-state index in [0.29, 0.717) is 6.42 Å². The monoisotopic (exact) mass is 340 g/mol. The van der Waals surface area contributed by atoms with Gasteiger partial charge in [0.1, 0.15) is 0 Å². The molecule has 0 amide bonds. The van der Waals surface area contributed by atoms with E-state index in [-0.39, 0.29) is 0 Å². The van der Waals surface area contributed by atoms with Crippen molar-refractivity contribution in [2.24, 2.45) is 7.05 Å². The van der Waals surface area contributed by atoms with Gasteiger partial charge in [0.2, 0.25) is 0 Å². The third-order valence-electron chi connectivity index (χ3n) is 3.74. The molecule has 0 saturated carbocycles. The molecule has 20 heavy (non-hydrogen) atoms. The van der Waals surface area contributed by atoms with Gasteiger partial charge in [-0.15, -0.1) is 0 Å². The van der Waals surface area contributed by atoms with Crippen LogP contribution >= 0.6 is 15.9 Å². The Balaban J connectivity index is 2.35. The van der Waals surface area contributed by atoms with Crippen LogP contribution in [0.15, 0.2) is 4.47 Å². The first-order chi connectivity index (χ1) is 9.36. The molecule has 0 aliphatic carbocycles. The van der Waals surface area contributed by atoms with Crippen LogP contribution in [-0.2, 0) is 20.0 Å². The van der Waals surface area contributed by atoms with Gasteiger partial charge in [0.15, 0.2) is 0 Å². The highest BCUT2D eigenvalue weighted by Gasteiger charge is 2.22. The number of aliphatic hydroxyl groups excluding tert-OH is 1. The molecule has 0 aromatic carbocycles. The average Bonchev–Trinajstić information content (AvgIpc) is 2.80. The van der Waals surface area contributed by atoms with Crippen molar-refractivity contribution in [2.45, 2.75) is 46.8 Å². The maximum atomic E-state index is 10.6. The second kappa shape index (κ2) is 5.69. The molecule has 0 bridgehead atoms. The topological polar surface area (TPSA) is 55.9 Å². The first-order valence-corrected chi connectivity index (χ1v) is 7.56. The van der Waals surface area contributed by atoms with Gasteiger partial charge >= 0.3 is 0 Å². The molecule has 2 aromatic rings. The summed E-state index contributed by atoms with van der Waals surface area (Å²) in [5.41, 5.74) is 4.79. The van der Waals surface area contributed by atoms with Crippen molar-refractivity contribution in [3.8, 4) is 0 Å². The van der Waals surface area contributed by atoms with Crippen molar-refractivity contribution in [3.63, 3.8) is 0 Å². The zero-order valence-corrected chi connectivity index (χ0v) is 14.2. The zero-order valence-electron chi connectivity index (χ0n) is 12.6. The number of hydrogen-bond donors (Lipinski definition) is 1. The van der Waals surface area contributed by atoms with Crippen LogP contribution < -0.4 is 0 Å². The summed E-state index contributed by atoms with van der Waals surface area (Å²) >= 11 is 3.57. The van der Waals surface area contributed by atoms with E-state index >= 15 is 0 Å². The molecule has 1 unspecified atom stereocenters. The van der Waals surface area contributed by atoms with Crippen LogP contribution in [0.4, 0.5) is 0 Å². The van der Waals surface area contributed by atoms with Crippen molar-refractivity contribution >= 4 is 15.9 Å². The minimum absolute atomic E-state index is 0.530. The van der Waals surface area contributed by atoms with E-state index in [0.717, 1.165) is 39.4 Å². The highest BCUT2D eigenvalue weighted by molar-refractivity contribution is 9.10. The second-order valence-corrected chi connectivity index (χ2v) is 5.88. The summed E-state index contributed by atoms with van der Waals surface area (Å²) in [4.78, 5) is 0. The number of rotatable bonds is 4. The molecule has 0 radical (unpaired) electrons. The van der Waals surface area contributed by atoms with Crippen LogP contribution in [0.25, 0.3) is 0 Å². The minimum atomic E-state index is -0.568. The van der Waals surface area contributed by atoms with Crippen molar-refractivity contribution in [2.75, 3.05) is 0 Å². The number of nitrogens with zero attached hydrogens (tertiary/aromatic N) is 4. The Labute approximate surface area is 127 Å². The van der Waals surface area contributed by atoms with Crippen LogP contribution in [-0.4, -0.2) is 24.7 Å². The standard InChI is InChI=1S/C14H21BrN4O/c1-6-19-11(14(15)9(3)17-19)7-12(20)13-8(2)16-18(5)10(13)4/h12,20H,6-7H2,1-5H3. The molecule has 1 N–H and O–H groups in total. The fourth-order valence-electron chi connectivity index (χ4n) is 2.62. The third-order valence-corrected chi connectivity index (χ3v) is 4.77. The molecular formula is C14H21BrN4O. The van der Waals surface area contributed by atoms with Crippen molar-refractivity contribution < 1.29 is 5.11 Å². The van der Waals surface area contributed by atoms with Gasteiger partial charge in [-0.1, -0.05) is 0 Å². The molecule has 5 nitrogen and oxygen atoms in total. The van der Waals surface area contributed by atoms with Crippen LogP contribution in [0.5, 0.6) is 0 Å². The fraction of sp³-hybridized carbons (Fsp3) is 0.571. The van der Waals surface area contributed by atoms with E-state index < -0.39 is 6.10 Å². The maximum absolute atomic E-state index is 10.6. The number of aromatic nitrogens is 4. The Morgan fingerprint density at radius 3 is 2.35 bits per heavy atom. The van der Waals surface area contributed by atoms with Gasteiger partial charge in [-0.25, -0.2) is 0 Å². The van der Waals surface area contributed by atoms with Crippen LogP contribution in [0.3, 0.4) is 0 Å². The molecule has 0 fully saturated rings. The van der Waals surface area contributed by atoms with Gasteiger partial charge in [0.25, 0.3) is 0 Å². The number of aliphatic hydroxyl groups is 1. The molecule has 1 atom stereocenters. The minimum Gasteiger partial charge on any atom is -0.388 e. The highest BCUT2D eigenvalue weighted by Crippen LogP contribution is 2.29. The summed E-state index contributed by atoms with van der Waals surface area (Å²) in [7, 11) is 1.90. The second-order valence-electron chi connectivity index (χ2n) is 5.09. The van der Waals surface area contributed by atoms with Gasteiger partial charge in [0, 0.05) is 31.3 Å². The number of halogens is 1. The Bertz CT molecular complexity index is 630. The lowest BCUT2D eigenvalue weighted by atomic mass is 10.0.